The first-order chi connectivity index (χ1) is 12.9. The van der Waals surface area contributed by atoms with Gasteiger partial charge >= 0.3 is 0 Å². The Balaban J connectivity index is 2.02. The quantitative estimate of drug-likeness (QED) is 0.679. The monoisotopic (exact) mass is 362 g/mol. The van der Waals surface area contributed by atoms with E-state index >= 15 is 0 Å². The van der Waals surface area contributed by atoms with E-state index in [0.717, 1.165) is 18.1 Å². The minimum absolute atomic E-state index is 0.251. The summed E-state index contributed by atoms with van der Waals surface area (Å²) in [6.45, 7) is 1.10. The van der Waals surface area contributed by atoms with Crippen LogP contribution in [0, 0.1) is 22.7 Å². The van der Waals surface area contributed by atoms with Gasteiger partial charge in [0, 0.05) is 11.4 Å². The van der Waals surface area contributed by atoms with Gasteiger partial charge in [-0.2, -0.15) is 10.5 Å². The predicted octanol–water partition coefficient (Wildman–Crippen LogP) is 2.15. The van der Waals surface area contributed by atoms with Crippen LogP contribution in [-0.2, 0) is 22.4 Å². The lowest BCUT2D eigenvalue weighted by Crippen LogP contribution is -2.50. The van der Waals surface area contributed by atoms with Gasteiger partial charge in [0.15, 0.2) is 0 Å². The topological polar surface area (TPSA) is 126 Å². The van der Waals surface area contributed by atoms with E-state index in [0.29, 0.717) is 11.4 Å². The molecular formula is C20H18N4O3. The standard InChI is InChI=1S/C20H18N4O3/c1-20(27,18(25)23-16-6-2-14(3-7-16)10-12-21)19(26)24-17-8-4-15(5-9-17)11-13-22/h2-9,27H,10-11H2,1H3,(H,23,25)(H,24,26). The van der Waals surface area contributed by atoms with E-state index in [4.69, 9.17) is 10.5 Å². The van der Waals surface area contributed by atoms with Crippen LogP contribution in [0.2, 0.25) is 0 Å². The Kier molecular flexibility index (Phi) is 6.27. The molecule has 0 aliphatic carbocycles. The van der Waals surface area contributed by atoms with Crippen LogP contribution in [0.4, 0.5) is 11.4 Å². The fourth-order valence-electron chi connectivity index (χ4n) is 2.20. The smallest absolute Gasteiger partial charge is 0.265 e. The third-order valence-corrected chi connectivity index (χ3v) is 3.87. The number of nitrogens with zero attached hydrogens (tertiary/aromatic N) is 2. The summed E-state index contributed by atoms with van der Waals surface area (Å²) in [6, 6.07) is 17.1. The van der Waals surface area contributed by atoms with Crippen molar-refractivity contribution in [1.82, 2.24) is 0 Å². The van der Waals surface area contributed by atoms with Gasteiger partial charge in [-0.25, -0.2) is 0 Å². The summed E-state index contributed by atoms with van der Waals surface area (Å²) < 4.78 is 0. The molecule has 2 aromatic rings. The summed E-state index contributed by atoms with van der Waals surface area (Å²) in [5.74, 6) is -1.76. The molecule has 7 heteroatoms. The number of hydrogen-bond donors (Lipinski definition) is 3. The molecule has 0 saturated heterocycles. The van der Waals surface area contributed by atoms with Gasteiger partial charge in [0.2, 0.25) is 5.60 Å². The van der Waals surface area contributed by atoms with E-state index in [1.807, 2.05) is 12.1 Å². The molecule has 0 aliphatic heterocycles. The molecule has 0 unspecified atom stereocenters. The van der Waals surface area contributed by atoms with Gasteiger partial charge in [-0.15, -0.1) is 0 Å². The molecule has 0 fully saturated rings. The van der Waals surface area contributed by atoms with Crippen molar-refractivity contribution >= 4 is 23.2 Å². The molecule has 2 amide bonds. The molecule has 7 nitrogen and oxygen atoms in total. The lowest BCUT2D eigenvalue weighted by atomic mass is 10.0. The number of carbonyl (C=O) groups excluding carboxylic acids is 2. The third kappa shape index (κ3) is 5.15. The van der Waals surface area contributed by atoms with Crippen LogP contribution in [-0.4, -0.2) is 22.5 Å². The molecule has 0 radical (unpaired) electrons. The van der Waals surface area contributed by atoms with Gasteiger partial charge < -0.3 is 15.7 Å². The first-order valence-electron chi connectivity index (χ1n) is 8.14. The average molecular weight is 362 g/mol. The average Bonchev–Trinajstić information content (AvgIpc) is 2.65. The summed E-state index contributed by atoms with van der Waals surface area (Å²) in [6.07, 6.45) is 0.503. The predicted molar refractivity (Wildman–Crippen MR) is 99.4 cm³/mol. The molecule has 0 aliphatic rings. The number of nitrogens with one attached hydrogen (secondary N) is 2. The van der Waals surface area contributed by atoms with Gasteiger partial charge in [-0.1, -0.05) is 24.3 Å². The second kappa shape index (κ2) is 8.61. The van der Waals surface area contributed by atoms with Crippen LogP contribution in [0.5, 0.6) is 0 Å². The summed E-state index contributed by atoms with van der Waals surface area (Å²) in [5.41, 5.74) is 0.0855. The van der Waals surface area contributed by atoms with E-state index in [-0.39, 0.29) is 12.8 Å². The number of rotatable bonds is 6. The van der Waals surface area contributed by atoms with Gasteiger partial charge in [-0.3, -0.25) is 9.59 Å². The number of aliphatic hydroxyl groups is 1. The Hall–Kier alpha value is -3.68. The molecule has 136 valence electrons. The van der Waals surface area contributed by atoms with Crippen LogP contribution >= 0.6 is 0 Å². The van der Waals surface area contributed by atoms with Crippen molar-refractivity contribution in [2.75, 3.05) is 10.6 Å². The lowest BCUT2D eigenvalue weighted by Gasteiger charge is -2.21. The molecular weight excluding hydrogens is 344 g/mol. The van der Waals surface area contributed by atoms with E-state index in [9.17, 15) is 14.7 Å². The summed E-state index contributed by atoms with van der Waals surface area (Å²) >= 11 is 0. The van der Waals surface area contributed by atoms with E-state index in [2.05, 4.69) is 10.6 Å². The molecule has 0 spiro atoms. The number of carbonyl (C=O) groups is 2. The van der Waals surface area contributed by atoms with Crippen LogP contribution in [0.3, 0.4) is 0 Å². The maximum atomic E-state index is 12.3. The van der Waals surface area contributed by atoms with E-state index in [1.165, 1.54) is 0 Å². The Morgan fingerprint density at radius 2 is 1.19 bits per heavy atom. The molecule has 0 heterocycles. The molecule has 2 rings (SSSR count). The zero-order valence-electron chi connectivity index (χ0n) is 14.7. The van der Waals surface area contributed by atoms with Gasteiger partial charge in [0.25, 0.3) is 11.8 Å². The highest BCUT2D eigenvalue weighted by Crippen LogP contribution is 2.16. The second-order valence-corrected chi connectivity index (χ2v) is 6.04. The van der Waals surface area contributed by atoms with Crippen LogP contribution < -0.4 is 10.6 Å². The molecule has 0 bridgehead atoms. The van der Waals surface area contributed by atoms with Gasteiger partial charge in [0.05, 0.1) is 25.0 Å². The zero-order valence-corrected chi connectivity index (χ0v) is 14.7. The zero-order chi connectivity index (χ0) is 19.9. The number of nitriles is 2. The van der Waals surface area contributed by atoms with Crippen molar-refractivity contribution in [1.29, 1.82) is 10.5 Å². The normalized spacial score (nSPS) is 10.4. The summed E-state index contributed by atoms with van der Waals surface area (Å²) in [5, 5.41) is 32.6. The second-order valence-electron chi connectivity index (χ2n) is 6.04. The highest BCUT2D eigenvalue weighted by molar-refractivity contribution is 6.16. The third-order valence-electron chi connectivity index (χ3n) is 3.87. The fourth-order valence-corrected chi connectivity index (χ4v) is 2.20. The Morgan fingerprint density at radius 1 is 0.852 bits per heavy atom. The number of anilines is 2. The van der Waals surface area contributed by atoms with Crippen LogP contribution in [0.25, 0.3) is 0 Å². The molecule has 3 N–H and O–H groups in total. The lowest BCUT2D eigenvalue weighted by molar-refractivity contribution is -0.145. The molecule has 27 heavy (non-hydrogen) atoms. The first kappa shape index (κ1) is 19.6. The van der Waals surface area contributed by atoms with Gasteiger partial charge in [0.1, 0.15) is 0 Å². The minimum atomic E-state index is -2.29. The van der Waals surface area contributed by atoms with Crippen LogP contribution in [0.1, 0.15) is 18.1 Å². The number of benzene rings is 2. The van der Waals surface area contributed by atoms with Crippen molar-refractivity contribution in [3.05, 3.63) is 59.7 Å². The number of amides is 2. The first-order valence-corrected chi connectivity index (χ1v) is 8.14. The maximum absolute atomic E-state index is 12.3. The molecule has 0 aromatic heterocycles. The van der Waals surface area contributed by atoms with Crippen molar-refractivity contribution in [2.45, 2.75) is 25.4 Å². The van der Waals surface area contributed by atoms with E-state index < -0.39 is 17.4 Å². The highest BCUT2D eigenvalue weighted by Gasteiger charge is 2.39. The molecule has 0 atom stereocenters. The van der Waals surface area contributed by atoms with E-state index in [1.54, 1.807) is 48.5 Å². The van der Waals surface area contributed by atoms with Crippen LogP contribution in [0.15, 0.2) is 48.5 Å². The fraction of sp³-hybridized carbons (Fsp3) is 0.200. The van der Waals surface area contributed by atoms with Crippen molar-refractivity contribution in [3.63, 3.8) is 0 Å². The largest absolute Gasteiger partial charge is 0.372 e. The van der Waals surface area contributed by atoms with Crippen molar-refractivity contribution in [3.8, 4) is 12.1 Å². The minimum Gasteiger partial charge on any atom is -0.372 e. The van der Waals surface area contributed by atoms with Gasteiger partial charge in [-0.05, 0) is 42.3 Å². The highest BCUT2D eigenvalue weighted by atomic mass is 16.3. The van der Waals surface area contributed by atoms with Crippen molar-refractivity contribution in [2.24, 2.45) is 0 Å². The maximum Gasteiger partial charge on any atom is 0.265 e. The summed E-state index contributed by atoms with van der Waals surface area (Å²) in [4.78, 5) is 24.6. The Bertz CT molecular complexity index is 829. The Labute approximate surface area is 156 Å². The Morgan fingerprint density at radius 3 is 1.48 bits per heavy atom. The van der Waals surface area contributed by atoms with Crippen molar-refractivity contribution < 1.29 is 14.7 Å². The SMILES string of the molecule is CC(O)(C(=O)Nc1ccc(CC#N)cc1)C(=O)Nc1ccc(CC#N)cc1. The molecule has 2 aromatic carbocycles. The molecule has 0 saturated carbocycles. The summed E-state index contributed by atoms with van der Waals surface area (Å²) in [7, 11) is 0. The number of hydrogen-bond acceptors (Lipinski definition) is 5.